The minimum Gasteiger partial charge on any atom is -0.379 e. The van der Waals surface area contributed by atoms with Crippen LogP contribution in [-0.2, 0) is 19.0 Å². The van der Waals surface area contributed by atoms with Crippen LogP contribution in [-0.4, -0.2) is 51.1 Å². The fourth-order valence-corrected chi connectivity index (χ4v) is 1.33. The summed E-state index contributed by atoms with van der Waals surface area (Å²) in [5.41, 5.74) is 0. The monoisotopic (exact) mass is 322 g/mol. The van der Waals surface area contributed by atoms with Crippen LogP contribution in [0.15, 0.2) is 0 Å². The van der Waals surface area contributed by atoms with Crippen LogP contribution in [0.3, 0.4) is 0 Å². The summed E-state index contributed by atoms with van der Waals surface area (Å²) < 4.78 is 16.5. The van der Waals surface area contributed by atoms with Crippen molar-refractivity contribution >= 4 is 15.0 Å². The lowest BCUT2D eigenvalue weighted by Crippen LogP contribution is -2.27. The second-order valence-electron chi connectivity index (χ2n) is 4.90. The van der Waals surface area contributed by atoms with Gasteiger partial charge in [0.05, 0.1) is 13.2 Å². The normalized spacial score (nSPS) is 11.7. The summed E-state index contributed by atoms with van der Waals surface area (Å²) in [5, 5.41) is 0. The van der Waals surface area contributed by atoms with Crippen LogP contribution < -0.4 is 0 Å². The Bertz CT molecular complexity index is 212. The van der Waals surface area contributed by atoms with Crippen LogP contribution in [0, 0.1) is 0 Å². The lowest BCUT2D eigenvalue weighted by atomic mass is 10.3. The zero-order valence-electron chi connectivity index (χ0n) is 14.4. The van der Waals surface area contributed by atoms with Crippen molar-refractivity contribution in [2.24, 2.45) is 0 Å². The molecule has 0 heterocycles. The van der Waals surface area contributed by atoms with Crippen molar-refractivity contribution in [2.75, 3.05) is 39.2 Å². The largest absolute Gasteiger partial charge is 0.379 e. The second kappa shape index (κ2) is 20.0. The number of carbonyl (C=O) groups excluding carboxylic acids is 1. The molecule has 0 aliphatic carbocycles. The van der Waals surface area contributed by atoms with Gasteiger partial charge in [-0.05, 0) is 25.9 Å². The molecule has 21 heavy (non-hydrogen) atoms. The van der Waals surface area contributed by atoms with E-state index >= 15 is 0 Å². The summed E-state index contributed by atoms with van der Waals surface area (Å²) in [6.07, 6.45) is 5.45. The molecule has 0 aromatic carbocycles. The lowest BCUT2D eigenvalue weighted by Gasteiger charge is -2.17. The summed E-state index contributed by atoms with van der Waals surface area (Å²) in [5.74, 6) is 0.0363. The Labute approximate surface area is 133 Å². The van der Waals surface area contributed by atoms with Crippen molar-refractivity contribution in [3.8, 4) is 0 Å². The first-order valence-corrected chi connectivity index (χ1v) is 8.90. The molecule has 0 aromatic heterocycles. The number of ketones is 1. The Morgan fingerprint density at radius 1 is 1.00 bits per heavy atom. The molecule has 0 aromatic rings. The van der Waals surface area contributed by atoms with Crippen LogP contribution in [0.5, 0.6) is 0 Å². The van der Waals surface area contributed by atoms with E-state index in [1.807, 2.05) is 0 Å². The average molecular weight is 322 g/mol. The van der Waals surface area contributed by atoms with Gasteiger partial charge in [0.25, 0.3) is 0 Å². The molecule has 0 N–H and O–H groups in total. The molecular formula is C16H35O4P. The molecule has 0 spiro atoms. The number of ether oxygens (including phenoxy) is 3. The van der Waals surface area contributed by atoms with Crippen molar-refractivity contribution in [1.29, 1.82) is 0 Å². The highest BCUT2D eigenvalue weighted by Crippen LogP contribution is 2.00. The molecular weight excluding hydrogens is 287 g/mol. The van der Waals surface area contributed by atoms with E-state index in [-0.39, 0.29) is 18.5 Å². The molecule has 0 radical (unpaired) electrons. The van der Waals surface area contributed by atoms with Gasteiger partial charge in [-0.2, -0.15) is 0 Å². The minimum absolute atomic E-state index is 0.0363. The predicted octanol–water partition coefficient (Wildman–Crippen LogP) is 3.48. The maximum absolute atomic E-state index is 10.8. The Morgan fingerprint density at radius 2 is 1.52 bits per heavy atom. The molecule has 4 nitrogen and oxygen atoms in total. The summed E-state index contributed by atoms with van der Waals surface area (Å²) >= 11 is 0. The van der Waals surface area contributed by atoms with E-state index in [0.29, 0.717) is 13.2 Å². The quantitative estimate of drug-likeness (QED) is 0.385. The summed E-state index contributed by atoms with van der Waals surface area (Å²) in [4.78, 5) is 10.8. The van der Waals surface area contributed by atoms with E-state index in [1.165, 1.54) is 13.1 Å². The number of Topliss-reactive ketones (excluding diaryl/α,β-unsaturated/α-hetero) is 1. The molecule has 0 amide bonds. The third-order valence-electron chi connectivity index (χ3n) is 2.41. The number of hydrogen-bond donors (Lipinski definition) is 0. The zero-order chi connectivity index (χ0) is 16.3. The number of rotatable bonds is 13. The standard InChI is InChI=1S/C14H28O4.C2H7P/c1-4-6-8-16-11-14(18-9-7-5-2)12-17-10-13(3)15;1-2-3/h14H,4-12H2,1-3H3;2-3H2,1H3. The highest BCUT2D eigenvalue weighted by molar-refractivity contribution is 7.16. The molecule has 128 valence electrons. The van der Waals surface area contributed by atoms with Gasteiger partial charge in [-0.1, -0.05) is 33.6 Å². The van der Waals surface area contributed by atoms with Gasteiger partial charge in [0, 0.05) is 13.2 Å². The SMILES string of the molecule is CCCCOCC(COCC(C)=O)OCCCC.CCP. The van der Waals surface area contributed by atoms with Crippen LogP contribution in [0.4, 0.5) is 0 Å². The van der Waals surface area contributed by atoms with Crippen molar-refractivity contribution < 1.29 is 19.0 Å². The Hall–Kier alpha value is -0.0200. The van der Waals surface area contributed by atoms with E-state index < -0.39 is 0 Å². The number of unbranched alkanes of at least 4 members (excludes halogenated alkanes) is 2. The van der Waals surface area contributed by atoms with E-state index in [1.54, 1.807) is 0 Å². The molecule has 0 saturated carbocycles. The van der Waals surface area contributed by atoms with Gasteiger partial charge in [0.15, 0.2) is 5.78 Å². The van der Waals surface area contributed by atoms with E-state index in [9.17, 15) is 4.79 Å². The topological polar surface area (TPSA) is 44.8 Å². The van der Waals surface area contributed by atoms with Gasteiger partial charge in [0.2, 0.25) is 0 Å². The minimum atomic E-state index is -0.0623. The Kier molecular flexibility index (Phi) is 22.1. The molecule has 2 unspecified atom stereocenters. The van der Waals surface area contributed by atoms with E-state index in [2.05, 4.69) is 30.0 Å². The van der Waals surface area contributed by atoms with Gasteiger partial charge in [-0.25, -0.2) is 0 Å². The predicted molar refractivity (Wildman–Crippen MR) is 92.1 cm³/mol. The fourth-order valence-electron chi connectivity index (χ4n) is 1.33. The van der Waals surface area contributed by atoms with Crippen LogP contribution in [0.2, 0.25) is 0 Å². The Morgan fingerprint density at radius 3 is 2.05 bits per heavy atom. The van der Waals surface area contributed by atoms with Crippen LogP contribution in [0.1, 0.15) is 53.4 Å². The first kappa shape index (κ1) is 23.2. The zero-order valence-corrected chi connectivity index (χ0v) is 15.5. The van der Waals surface area contributed by atoms with E-state index in [0.717, 1.165) is 38.9 Å². The average Bonchev–Trinajstić information content (AvgIpc) is 2.43. The molecule has 0 aliphatic rings. The molecule has 0 saturated heterocycles. The Balaban J connectivity index is 0. The van der Waals surface area contributed by atoms with Gasteiger partial charge < -0.3 is 14.2 Å². The number of hydrogen-bond acceptors (Lipinski definition) is 4. The third kappa shape index (κ3) is 22.4. The second-order valence-corrected chi connectivity index (χ2v) is 5.72. The molecule has 0 aliphatic heterocycles. The molecule has 0 fully saturated rings. The maximum Gasteiger partial charge on any atom is 0.155 e. The summed E-state index contributed by atoms with van der Waals surface area (Å²) in [6, 6.07) is 0. The van der Waals surface area contributed by atoms with E-state index in [4.69, 9.17) is 14.2 Å². The van der Waals surface area contributed by atoms with Gasteiger partial charge >= 0.3 is 0 Å². The van der Waals surface area contributed by atoms with Crippen LogP contribution >= 0.6 is 9.24 Å². The smallest absolute Gasteiger partial charge is 0.155 e. The molecule has 0 bridgehead atoms. The first-order valence-electron chi connectivity index (χ1n) is 8.08. The number of carbonyl (C=O) groups is 1. The summed E-state index contributed by atoms with van der Waals surface area (Å²) in [6.45, 7) is 10.5. The molecule has 2 atom stereocenters. The molecule has 0 rings (SSSR count). The third-order valence-corrected chi connectivity index (χ3v) is 2.41. The van der Waals surface area contributed by atoms with Gasteiger partial charge in [0.1, 0.15) is 12.7 Å². The van der Waals surface area contributed by atoms with Gasteiger partial charge in [-0.15, -0.1) is 9.24 Å². The highest BCUT2D eigenvalue weighted by atomic mass is 31.0. The van der Waals surface area contributed by atoms with Crippen molar-refractivity contribution in [3.05, 3.63) is 0 Å². The maximum atomic E-state index is 10.8. The summed E-state index contributed by atoms with van der Waals surface area (Å²) in [7, 11) is 2.58. The van der Waals surface area contributed by atoms with Crippen molar-refractivity contribution in [1.82, 2.24) is 0 Å². The van der Waals surface area contributed by atoms with Gasteiger partial charge in [-0.3, -0.25) is 4.79 Å². The lowest BCUT2D eigenvalue weighted by molar-refractivity contribution is -0.124. The fraction of sp³-hybridized carbons (Fsp3) is 0.938. The van der Waals surface area contributed by atoms with Crippen molar-refractivity contribution in [2.45, 2.75) is 59.5 Å². The molecule has 5 heteroatoms. The van der Waals surface area contributed by atoms with Crippen LogP contribution in [0.25, 0.3) is 0 Å². The highest BCUT2D eigenvalue weighted by Gasteiger charge is 2.10. The van der Waals surface area contributed by atoms with Crippen molar-refractivity contribution in [3.63, 3.8) is 0 Å². The first-order chi connectivity index (χ1) is 10.1.